The van der Waals surface area contributed by atoms with Gasteiger partial charge >= 0.3 is 11.9 Å². The molecular weight excluding hydrogens is 526 g/mol. The summed E-state index contributed by atoms with van der Waals surface area (Å²) in [6.45, 7) is 10.7. The zero-order valence-electron chi connectivity index (χ0n) is 23.7. The third-order valence-corrected chi connectivity index (χ3v) is 6.35. The molecular formula is C29H37N7O5. The van der Waals surface area contributed by atoms with E-state index in [-0.39, 0.29) is 37.8 Å². The highest BCUT2D eigenvalue weighted by Crippen LogP contribution is 2.27. The Hall–Kier alpha value is -4.74. The molecule has 0 unspecified atom stereocenters. The summed E-state index contributed by atoms with van der Waals surface area (Å²) in [5.74, 6) is -1.16. The predicted octanol–water partition coefficient (Wildman–Crippen LogP) is 2.95. The van der Waals surface area contributed by atoms with Gasteiger partial charge in [0.1, 0.15) is 11.9 Å². The van der Waals surface area contributed by atoms with Crippen LogP contribution in [0.5, 0.6) is 0 Å². The highest BCUT2D eigenvalue weighted by Gasteiger charge is 2.24. The lowest BCUT2D eigenvalue weighted by Crippen LogP contribution is -2.42. The fourth-order valence-electron chi connectivity index (χ4n) is 4.46. The Morgan fingerprint density at radius 3 is 2.41 bits per heavy atom. The van der Waals surface area contributed by atoms with Gasteiger partial charge in [-0.1, -0.05) is 13.0 Å². The number of nitrogen functional groups attached to an aromatic ring is 2. The van der Waals surface area contributed by atoms with E-state index in [0.717, 1.165) is 16.8 Å². The van der Waals surface area contributed by atoms with Crippen molar-refractivity contribution in [2.45, 2.75) is 52.6 Å². The van der Waals surface area contributed by atoms with Gasteiger partial charge in [-0.25, -0.2) is 9.78 Å². The fourth-order valence-corrected chi connectivity index (χ4v) is 4.46. The first kappa shape index (κ1) is 30.8. The number of amides is 1. The molecule has 0 aliphatic heterocycles. The highest BCUT2D eigenvalue weighted by atomic mass is 16.5. The Bertz CT molecular complexity index is 1390. The molecule has 12 nitrogen and oxygen atoms in total. The van der Waals surface area contributed by atoms with Crippen LogP contribution in [0.25, 0.3) is 11.0 Å². The number of nitrogens with two attached hydrogens (primary N) is 2. The van der Waals surface area contributed by atoms with Crippen LogP contribution in [-0.2, 0) is 32.0 Å². The molecule has 5 N–H and O–H groups in total. The van der Waals surface area contributed by atoms with Crippen LogP contribution in [0.4, 0.5) is 17.5 Å². The number of benzene rings is 1. The summed E-state index contributed by atoms with van der Waals surface area (Å²) in [4.78, 5) is 52.0. The fraction of sp³-hybridized carbons (Fsp3) is 0.379. The van der Waals surface area contributed by atoms with Crippen LogP contribution in [0.15, 0.2) is 43.1 Å². The van der Waals surface area contributed by atoms with E-state index in [1.54, 1.807) is 38.3 Å². The average Bonchev–Trinajstić information content (AvgIpc) is 2.95. The second-order valence-electron chi connectivity index (χ2n) is 9.12. The Morgan fingerprint density at radius 2 is 1.78 bits per heavy atom. The molecule has 1 amide bonds. The summed E-state index contributed by atoms with van der Waals surface area (Å²) in [6, 6.07) is 5.98. The predicted molar refractivity (Wildman–Crippen MR) is 157 cm³/mol. The van der Waals surface area contributed by atoms with E-state index in [9.17, 15) is 14.4 Å². The number of nitrogens with one attached hydrogen (secondary N) is 1. The molecule has 0 bridgehead atoms. The topological polar surface area (TPSA) is 176 Å². The van der Waals surface area contributed by atoms with Gasteiger partial charge in [0.15, 0.2) is 5.65 Å². The molecule has 218 valence electrons. The van der Waals surface area contributed by atoms with Gasteiger partial charge in [-0.05, 0) is 62.1 Å². The average molecular weight is 564 g/mol. The van der Waals surface area contributed by atoms with Gasteiger partial charge in [0.25, 0.3) is 5.91 Å². The van der Waals surface area contributed by atoms with E-state index < -0.39 is 23.9 Å². The number of anilines is 3. The minimum Gasteiger partial charge on any atom is -0.466 e. The number of carbonyl (C=O) groups is 3. The number of hydrogen-bond donors (Lipinski definition) is 3. The van der Waals surface area contributed by atoms with Crippen molar-refractivity contribution in [3.63, 3.8) is 0 Å². The zero-order valence-corrected chi connectivity index (χ0v) is 23.7. The molecule has 0 aliphatic carbocycles. The maximum Gasteiger partial charge on any atom is 0.328 e. The number of rotatable bonds is 14. The molecule has 0 spiro atoms. The molecule has 1 aromatic carbocycles. The summed E-state index contributed by atoms with van der Waals surface area (Å²) >= 11 is 0. The van der Waals surface area contributed by atoms with Crippen molar-refractivity contribution in [2.24, 2.45) is 0 Å². The van der Waals surface area contributed by atoms with Crippen molar-refractivity contribution in [1.29, 1.82) is 0 Å². The number of hydrogen-bond acceptors (Lipinski definition) is 11. The Balaban J connectivity index is 1.80. The molecule has 3 aromatic rings. The number of ether oxygens (including phenoxy) is 2. The van der Waals surface area contributed by atoms with Crippen molar-refractivity contribution in [2.75, 3.05) is 36.1 Å². The second kappa shape index (κ2) is 14.6. The maximum atomic E-state index is 13.0. The minimum absolute atomic E-state index is 0.0262. The quantitative estimate of drug-likeness (QED) is 0.194. The summed E-state index contributed by atoms with van der Waals surface area (Å²) < 4.78 is 10.0. The van der Waals surface area contributed by atoms with Gasteiger partial charge in [0.05, 0.1) is 18.6 Å². The smallest absolute Gasteiger partial charge is 0.328 e. The van der Waals surface area contributed by atoms with Gasteiger partial charge < -0.3 is 31.2 Å². The van der Waals surface area contributed by atoms with E-state index in [2.05, 4.69) is 31.7 Å². The van der Waals surface area contributed by atoms with E-state index in [1.807, 2.05) is 19.1 Å². The monoisotopic (exact) mass is 563 g/mol. The first-order chi connectivity index (χ1) is 19.7. The highest BCUT2D eigenvalue weighted by molar-refractivity contribution is 5.97. The van der Waals surface area contributed by atoms with Crippen LogP contribution in [0, 0.1) is 0 Å². The van der Waals surface area contributed by atoms with Crippen LogP contribution in [0.2, 0.25) is 0 Å². The van der Waals surface area contributed by atoms with Crippen molar-refractivity contribution in [3.8, 4) is 0 Å². The van der Waals surface area contributed by atoms with Gasteiger partial charge in [-0.15, -0.1) is 6.58 Å². The van der Waals surface area contributed by atoms with E-state index in [4.69, 9.17) is 20.9 Å². The molecule has 0 fully saturated rings. The molecule has 0 radical (unpaired) electrons. The van der Waals surface area contributed by atoms with Gasteiger partial charge in [-0.3, -0.25) is 9.59 Å². The first-order valence-electron chi connectivity index (χ1n) is 13.5. The molecule has 0 saturated heterocycles. The molecule has 1 atom stereocenters. The third kappa shape index (κ3) is 7.90. The van der Waals surface area contributed by atoms with Crippen molar-refractivity contribution < 1.29 is 23.9 Å². The van der Waals surface area contributed by atoms with Gasteiger partial charge in [-0.2, -0.15) is 9.97 Å². The number of aryl methyl sites for hydroxylation is 1. The van der Waals surface area contributed by atoms with E-state index >= 15 is 0 Å². The van der Waals surface area contributed by atoms with Crippen molar-refractivity contribution in [1.82, 2.24) is 20.3 Å². The lowest BCUT2D eigenvalue weighted by Gasteiger charge is -2.25. The normalized spacial score (nSPS) is 11.5. The number of esters is 2. The van der Waals surface area contributed by atoms with E-state index in [0.29, 0.717) is 36.1 Å². The minimum atomic E-state index is -0.983. The summed E-state index contributed by atoms with van der Waals surface area (Å²) in [7, 11) is 0. The second-order valence-corrected chi connectivity index (χ2v) is 9.12. The summed E-state index contributed by atoms with van der Waals surface area (Å²) in [5.41, 5.74) is 15.5. The van der Waals surface area contributed by atoms with Crippen LogP contribution in [0.1, 0.15) is 55.1 Å². The Morgan fingerprint density at radius 1 is 1.07 bits per heavy atom. The van der Waals surface area contributed by atoms with Crippen LogP contribution >= 0.6 is 0 Å². The Kier molecular flexibility index (Phi) is 11.0. The largest absolute Gasteiger partial charge is 0.466 e. The number of carbonyl (C=O) groups excluding carboxylic acids is 3. The van der Waals surface area contributed by atoms with Crippen LogP contribution < -0.4 is 21.7 Å². The van der Waals surface area contributed by atoms with Gasteiger partial charge in [0.2, 0.25) is 5.95 Å². The zero-order chi connectivity index (χ0) is 29.9. The molecule has 0 saturated carbocycles. The summed E-state index contributed by atoms with van der Waals surface area (Å²) in [6.07, 6.45) is 4.27. The van der Waals surface area contributed by atoms with Crippen LogP contribution in [0.3, 0.4) is 0 Å². The SMILES string of the molecule is C=CCN(Cc1cnc2nc(N)nc(N)c2c1CC)c1ccc(C(=O)N[C@@H](CCC(=O)OCC)C(=O)OCC)cc1. The Labute approximate surface area is 239 Å². The molecule has 2 aromatic heterocycles. The third-order valence-electron chi connectivity index (χ3n) is 6.35. The molecule has 12 heteroatoms. The molecule has 41 heavy (non-hydrogen) atoms. The lowest BCUT2D eigenvalue weighted by molar-refractivity contribution is -0.146. The number of pyridine rings is 1. The van der Waals surface area contributed by atoms with E-state index in [1.165, 1.54) is 0 Å². The number of aromatic nitrogens is 3. The summed E-state index contributed by atoms with van der Waals surface area (Å²) in [5, 5.41) is 3.36. The maximum absolute atomic E-state index is 13.0. The molecule has 0 aliphatic rings. The first-order valence-corrected chi connectivity index (χ1v) is 13.5. The van der Waals surface area contributed by atoms with Crippen molar-refractivity contribution in [3.05, 3.63) is 59.8 Å². The standard InChI is InChI=1S/C29H37N7O5/c1-5-15-36(17-19-16-32-26-24(21(19)6-2)25(30)34-29(31)35-26)20-11-9-18(10-12-20)27(38)33-22(28(39)41-8-4)13-14-23(37)40-7-3/h5,9-12,16,22H,1,6-8,13-15,17H2,2-4H3,(H,33,38)(H4,30,31,32,34,35)/t22-/m0/s1. The van der Waals surface area contributed by atoms with Crippen molar-refractivity contribution >= 4 is 46.3 Å². The molecule has 3 rings (SSSR count). The number of nitrogens with zero attached hydrogens (tertiary/aromatic N) is 4. The lowest BCUT2D eigenvalue weighted by atomic mass is 10.0. The van der Waals surface area contributed by atoms with Gasteiger partial charge in [0, 0.05) is 37.0 Å². The van der Waals surface area contributed by atoms with Crippen LogP contribution in [-0.4, -0.2) is 58.6 Å². The molecule has 2 heterocycles. The number of fused-ring (bicyclic) bond motifs is 1.